The van der Waals surface area contributed by atoms with E-state index in [0.29, 0.717) is 4.31 Å². The number of nitrogens with zero attached hydrogens (tertiary/aromatic N) is 1. The SMILES string of the molecule is COc1ccc(N2C(=O)C(C)(C)CS2(=O)=O)cc1S(=O)(=O)NC1CCCCC1. The van der Waals surface area contributed by atoms with Crippen LogP contribution >= 0.6 is 0 Å². The van der Waals surface area contributed by atoms with Crippen LogP contribution < -0.4 is 13.8 Å². The Morgan fingerprint density at radius 2 is 1.82 bits per heavy atom. The molecule has 1 saturated carbocycles. The van der Waals surface area contributed by atoms with E-state index >= 15 is 0 Å². The minimum absolute atomic E-state index is 0.000365. The number of nitrogens with one attached hydrogen (secondary N) is 1. The van der Waals surface area contributed by atoms with Crippen LogP contribution in [-0.2, 0) is 24.8 Å². The average molecular weight is 431 g/mol. The Labute approximate surface area is 166 Å². The summed E-state index contributed by atoms with van der Waals surface area (Å²) in [6.07, 6.45) is 4.52. The van der Waals surface area contributed by atoms with Gasteiger partial charge in [-0.1, -0.05) is 19.3 Å². The van der Waals surface area contributed by atoms with E-state index in [9.17, 15) is 21.6 Å². The lowest BCUT2D eigenvalue weighted by molar-refractivity contribution is -0.123. The first kappa shape index (κ1) is 21.1. The smallest absolute Gasteiger partial charge is 0.247 e. The zero-order valence-corrected chi connectivity index (χ0v) is 17.9. The number of rotatable bonds is 5. The number of methoxy groups -OCH3 is 1. The van der Waals surface area contributed by atoms with Crippen molar-refractivity contribution in [1.82, 2.24) is 4.72 Å². The van der Waals surface area contributed by atoms with Crippen LogP contribution in [0.25, 0.3) is 0 Å². The Hall–Kier alpha value is -1.65. The van der Waals surface area contributed by atoms with Crippen molar-refractivity contribution >= 4 is 31.6 Å². The van der Waals surface area contributed by atoms with Crippen LogP contribution in [0, 0.1) is 5.41 Å². The van der Waals surface area contributed by atoms with Crippen molar-refractivity contribution in [3.8, 4) is 5.75 Å². The summed E-state index contributed by atoms with van der Waals surface area (Å²) in [5, 5.41) is 0. The van der Waals surface area contributed by atoms with Crippen molar-refractivity contribution in [3.05, 3.63) is 18.2 Å². The normalized spacial score (nSPS) is 22.4. The summed E-state index contributed by atoms with van der Waals surface area (Å²) < 4.78 is 59.6. The van der Waals surface area contributed by atoms with Crippen molar-refractivity contribution in [3.63, 3.8) is 0 Å². The first-order valence-corrected chi connectivity index (χ1v) is 12.3. The molecule has 28 heavy (non-hydrogen) atoms. The lowest BCUT2D eigenvalue weighted by Crippen LogP contribution is -2.36. The maximum atomic E-state index is 13.0. The number of carbonyl (C=O) groups is 1. The fourth-order valence-electron chi connectivity index (χ4n) is 3.77. The summed E-state index contributed by atoms with van der Waals surface area (Å²) in [5.74, 6) is -0.815. The highest BCUT2D eigenvalue weighted by Gasteiger charge is 2.50. The summed E-state index contributed by atoms with van der Waals surface area (Å²) in [4.78, 5) is 12.5. The van der Waals surface area contributed by atoms with Gasteiger partial charge in [0.2, 0.25) is 26.0 Å². The molecule has 2 fully saturated rings. The maximum absolute atomic E-state index is 13.0. The second-order valence-electron chi connectivity index (χ2n) is 8.00. The van der Waals surface area contributed by atoms with Gasteiger partial charge in [-0.3, -0.25) is 4.79 Å². The Bertz CT molecular complexity index is 979. The van der Waals surface area contributed by atoms with E-state index in [1.165, 1.54) is 25.3 Å². The van der Waals surface area contributed by atoms with Gasteiger partial charge in [0.05, 0.1) is 24.0 Å². The van der Waals surface area contributed by atoms with Crippen LogP contribution in [0.4, 0.5) is 5.69 Å². The first-order valence-electron chi connectivity index (χ1n) is 9.26. The molecule has 1 saturated heterocycles. The number of hydrogen-bond acceptors (Lipinski definition) is 6. The Kier molecular flexibility index (Phi) is 5.50. The Morgan fingerprint density at radius 3 is 2.36 bits per heavy atom. The van der Waals surface area contributed by atoms with Crippen molar-refractivity contribution in [2.24, 2.45) is 5.41 Å². The monoisotopic (exact) mass is 430 g/mol. The maximum Gasteiger partial charge on any atom is 0.247 e. The van der Waals surface area contributed by atoms with Crippen LogP contribution in [0.1, 0.15) is 46.0 Å². The summed E-state index contributed by atoms with van der Waals surface area (Å²) in [6, 6.07) is 3.79. The molecule has 1 amide bonds. The van der Waals surface area contributed by atoms with E-state index in [4.69, 9.17) is 4.74 Å². The van der Waals surface area contributed by atoms with E-state index in [1.807, 2.05) is 0 Å². The minimum Gasteiger partial charge on any atom is -0.495 e. The molecule has 0 atom stereocenters. The van der Waals surface area contributed by atoms with Gasteiger partial charge in [-0.2, -0.15) is 0 Å². The molecule has 3 rings (SSSR count). The largest absolute Gasteiger partial charge is 0.495 e. The molecule has 156 valence electrons. The molecule has 0 unspecified atom stereocenters. The molecule has 1 N–H and O–H groups in total. The molecular formula is C18H26N2O6S2. The third kappa shape index (κ3) is 3.90. The number of ether oxygens (including phenoxy) is 1. The summed E-state index contributed by atoms with van der Waals surface area (Å²) >= 11 is 0. The number of amides is 1. The zero-order valence-electron chi connectivity index (χ0n) is 16.3. The van der Waals surface area contributed by atoms with Crippen LogP contribution in [0.2, 0.25) is 0 Å². The highest BCUT2D eigenvalue weighted by atomic mass is 32.2. The molecule has 8 nitrogen and oxygen atoms in total. The molecular weight excluding hydrogens is 404 g/mol. The van der Waals surface area contributed by atoms with Gasteiger partial charge in [0.1, 0.15) is 10.6 Å². The third-order valence-corrected chi connectivity index (χ3v) is 8.74. The van der Waals surface area contributed by atoms with Gasteiger partial charge in [0.15, 0.2) is 0 Å². The van der Waals surface area contributed by atoms with Crippen LogP contribution in [0.5, 0.6) is 5.75 Å². The topological polar surface area (TPSA) is 110 Å². The van der Waals surface area contributed by atoms with Crippen LogP contribution in [-0.4, -0.2) is 41.6 Å². The van der Waals surface area contributed by atoms with Gasteiger partial charge < -0.3 is 4.74 Å². The van der Waals surface area contributed by atoms with E-state index < -0.39 is 31.4 Å². The fraction of sp³-hybridized carbons (Fsp3) is 0.611. The van der Waals surface area contributed by atoms with Crippen molar-refractivity contribution in [1.29, 1.82) is 0 Å². The molecule has 0 spiro atoms. The molecule has 1 aromatic carbocycles. The third-order valence-electron chi connectivity index (χ3n) is 5.18. The van der Waals surface area contributed by atoms with E-state index in [0.717, 1.165) is 32.1 Å². The molecule has 0 radical (unpaired) electrons. The number of anilines is 1. The summed E-state index contributed by atoms with van der Waals surface area (Å²) in [7, 11) is -6.48. The average Bonchev–Trinajstić information content (AvgIpc) is 2.77. The molecule has 1 aliphatic heterocycles. The van der Waals surface area contributed by atoms with Crippen LogP contribution in [0.3, 0.4) is 0 Å². The summed E-state index contributed by atoms with van der Waals surface area (Å²) in [6.45, 7) is 3.11. The molecule has 1 heterocycles. The predicted molar refractivity (Wildman–Crippen MR) is 105 cm³/mol. The van der Waals surface area contributed by atoms with Crippen LogP contribution in [0.15, 0.2) is 23.1 Å². The Balaban J connectivity index is 2.02. The zero-order chi connectivity index (χ0) is 20.7. The Morgan fingerprint density at radius 1 is 1.18 bits per heavy atom. The molecule has 1 aliphatic carbocycles. The van der Waals surface area contributed by atoms with E-state index in [1.54, 1.807) is 13.8 Å². The van der Waals surface area contributed by atoms with E-state index in [2.05, 4.69) is 4.72 Å². The quantitative estimate of drug-likeness (QED) is 0.765. The molecule has 10 heteroatoms. The predicted octanol–water partition coefficient (Wildman–Crippen LogP) is 2.01. The van der Waals surface area contributed by atoms with Gasteiger partial charge >= 0.3 is 0 Å². The van der Waals surface area contributed by atoms with Crippen molar-refractivity contribution in [2.45, 2.75) is 56.9 Å². The number of carbonyl (C=O) groups excluding carboxylic acids is 1. The van der Waals surface area contributed by atoms with Gasteiger partial charge in [-0.15, -0.1) is 0 Å². The fourth-order valence-corrected chi connectivity index (χ4v) is 7.36. The second-order valence-corrected chi connectivity index (χ2v) is 11.5. The highest BCUT2D eigenvalue weighted by molar-refractivity contribution is 7.94. The first-order chi connectivity index (χ1) is 13.0. The standard InChI is InChI=1S/C18H26N2O6S2/c1-18(2)12-27(22,23)20(17(18)21)14-9-10-15(26-3)16(11-14)28(24,25)19-13-7-5-4-6-8-13/h9-11,13,19H,4-8,12H2,1-3H3. The second kappa shape index (κ2) is 7.31. The van der Waals surface area contributed by atoms with Gasteiger partial charge in [0.25, 0.3) is 0 Å². The van der Waals surface area contributed by atoms with Gasteiger partial charge in [-0.25, -0.2) is 25.9 Å². The molecule has 1 aromatic rings. The number of hydrogen-bond donors (Lipinski definition) is 1. The van der Waals surface area contributed by atoms with Gasteiger partial charge in [0, 0.05) is 6.04 Å². The minimum atomic E-state index is -3.95. The van der Waals surface area contributed by atoms with E-state index in [-0.39, 0.29) is 28.1 Å². The molecule has 2 aliphatic rings. The van der Waals surface area contributed by atoms with Crippen molar-refractivity contribution in [2.75, 3.05) is 17.2 Å². The number of benzene rings is 1. The highest BCUT2D eigenvalue weighted by Crippen LogP contribution is 2.38. The van der Waals surface area contributed by atoms with Crippen molar-refractivity contribution < 1.29 is 26.4 Å². The molecule has 0 bridgehead atoms. The lowest BCUT2D eigenvalue weighted by atomic mass is 9.95. The lowest BCUT2D eigenvalue weighted by Gasteiger charge is -2.24. The number of sulfonamides is 2. The summed E-state index contributed by atoms with van der Waals surface area (Å²) in [5.41, 5.74) is -1.07. The molecule has 0 aromatic heterocycles. The van der Waals surface area contributed by atoms with Gasteiger partial charge in [-0.05, 0) is 44.9 Å².